The number of amides is 1. The SMILES string of the molecule is NCC1CCCCN1C(=O)CCc1nc(-c2cc(Br)cs2)no1. The summed E-state index contributed by atoms with van der Waals surface area (Å²) in [6.07, 6.45) is 4.05. The fraction of sp³-hybridized carbons (Fsp3) is 0.533. The van der Waals surface area contributed by atoms with Gasteiger partial charge in [0, 0.05) is 41.8 Å². The van der Waals surface area contributed by atoms with Gasteiger partial charge in [0.25, 0.3) is 0 Å². The summed E-state index contributed by atoms with van der Waals surface area (Å²) in [5.41, 5.74) is 5.77. The standard InChI is InChI=1S/C15H19BrN4O2S/c16-10-7-12(23-9-10)15-18-13(22-19-15)4-5-14(21)20-6-2-1-3-11(20)8-17/h7,9,11H,1-6,8,17H2. The third kappa shape index (κ3) is 3.99. The molecule has 1 atom stereocenters. The summed E-state index contributed by atoms with van der Waals surface area (Å²) in [5, 5.41) is 5.95. The van der Waals surface area contributed by atoms with Gasteiger partial charge in [-0.25, -0.2) is 0 Å². The third-order valence-electron chi connectivity index (χ3n) is 4.03. The molecule has 124 valence electrons. The Balaban J connectivity index is 1.58. The van der Waals surface area contributed by atoms with Crippen molar-refractivity contribution in [2.45, 2.75) is 38.1 Å². The first-order valence-electron chi connectivity index (χ1n) is 7.74. The van der Waals surface area contributed by atoms with Crippen LogP contribution in [0.1, 0.15) is 31.6 Å². The molecule has 8 heteroatoms. The largest absolute Gasteiger partial charge is 0.339 e. The van der Waals surface area contributed by atoms with Crippen LogP contribution in [0.4, 0.5) is 0 Å². The van der Waals surface area contributed by atoms with Gasteiger partial charge in [0.05, 0.1) is 4.88 Å². The van der Waals surface area contributed by atoms with Crippen LogP contribution in [0.25, 0.3) is 10.7 Å². The molecule has 1 aliphatic rings. The number of nitrogens with zero attached hydrogens (tertiary/aromatic N) is 3. The summed E-state index contributed by atoms with van der Waals surface area (Å²) in [7, 11) is 0. The number of thiophene rings is 1. The molecule has 2 aromatic rings. The van der Waals surface area contributed by atoms with Crippen LogP contribution in [0.2, 0.25) is 0 Å². The van der Waals surface area contributed by atoms with Gasteiger partial charge in [0.2, 0.25) is 17.6 Å². The Morgan fingerprint density at radius 2 is 2.39 bits per heavy atom. The molecule has 2 aromatic heterocycles. The zero-order valence-corrected chi connectivity index (χ0v) is 15.1. The first-order chi connectivity index (χ1) is 11.2. The topological polar surface area (TPSA) is 85.2 Å². The molecule has 0 bridgehead atoms. The second-order valence-electron chi connectivity index (χ2n) is 5.61. The number of hydrogen-bond donors (Lipinski definition) is 1. The number of aromatic nitrogens is 2. The van der Waals surface area contributed by atoms with Crippen molar-refractivity contribution in [3.05, 3.63) is 21.8 Å². The Morgan fingerprint density at radius 3 is 3.13 bits per heavy atom. The lowest BCUT2D eigenvalue weighted by atomic mass is 10.0. The smallest absolute Gasteiger partial charge is 0.227 e. The molecule has 0 spiro atoms. The van der Waals surface area contributed by atoms with E-state index in [0.29, 0.717) is 31.1 Å². The maximum atomic E-state index is 12.4. The number of likely N-dealkylation sites (tertiary alicyclic amines) is 1. The van der Waals surface area contributed by atoms with Crippen molar-refractivity contribution < 1.29 is 9.32 Å². The molecule has 0 aromatic carbocycles. The van der Waals surface area contributed by atoms with Crippen LogP contribution in [-0.2, 0) is 11.2 Å². The minimum atomic E-state index is 0.124. The fourth-order valence-electron chi connectivity index (χ4n) is 2.82. The zero-order chi connectivity index (χ0) is 16.2. The predicted octanol–water partition coefficient (Wildman–Crippen LogP) is 2.83. The monoisotopic (exact) mass is 398 g/mol. The van der Waals surface area contributed by atoms with Gasteiger partial charge < -0.3 is 15.2 Å². The molecule has 1 amide bonds. The van der Waals surface area contributed by atoms with E-state index in [4.69, 9.17) is 10.3 Å². The molecule has 23 heavy (non-hydrogen) atoms. The maximum absolute atomic E-state index is 12.4. The molecule has 3 heterocycles. The number of rotatable bonds is 5. The Kier molecular flexibility index (Phi) is 5.45. The van der Waals surface area contributed by atoms with Gasteiger partial charge >= 0.3 is 0 Å². The molecule has 6 nitrogen and oxygen atoms in total. The Hall–Kier alpha value is -1.25. The van der Waals surface area contributed by atoms with Crippen LogP contribution in [0.5, 0.6) is 0 Å². The number of piperidine rings is 1. The van der Waals surface area contributed by atoms with E-state index >= 15 is 0 Å². The minimum Gasteiger partial charge on any atom is -0.339 e. The average molecular weight is 399 g/mol. The normalized spacial score (nSPS) is 18.3. The van der Waals surface area contributed by atoms with Crippen LogP contribution >= 0.6 is 27.3 Å². The first kappa shape index (κ1) is 16.6. The second kappa shape index (κ2) is 7.55. The summed E-state index contributed by atoms with van der Waals surface area (Å²) in [6.45, 7) is 1.34. The molecule has 1 aliphatic heterocycles. The Labute approximate surface area is 147 Å². The highest BCUT2D eigenvalue weighted by atomic mass is 79.9. The molecule has 1 unspecified atom stereocenters. The van der Waals surface area contributed by atoms with Gasteiger partial charge in [-0.3, -0.25) is 4.79 Å². The van der Waals surface area contributed by atoms with Crippen molar-refractivity contribution in [1.29, 1.82) is 0 Å². The van der Waals surface area contributed by atoms with Crippen molar-refractivity contribution in [3.63, 3.8) is 0 Å². The van der Waals surface area contributed by atoms with Gasteiger partial charge in [0.15, 0.2) is 0 Å². The predicted molar refractivity (Wildman–Crippen MR) is 92.0 cm³/mol. The van der Waals surface area contributed by atoms with Gasteiger partial charge in [-0.05, 0) is 41.3 Å². The summed E-state index contributed by atoms with van der Waals surface area (Å²) in [4.78, 5) is 19.6. The van der Waals surface area contributed by atoms with E-state index in [-0.39, 0.29) is 11.9 Å². The highest BCUT2D eigenvalue weighted by molar-refractivity contribution is 9.10. The number of carbonyl (C=O) groups excluding carboxylic acids is 1. The van der Waals surface area contributed by atoms with Crippen LogP contribution in [0.3, 0.4) is 0 Å². The van der Waals surface area contributed by atoms with E-state index < -0.39 is 0 Å². The quantitative estimate of drug-likeness (QED) is 0.836. The average Bonchev–Trinajstić information content (AvgIpc) is 3.21. The summed E-state index contributed by atoms with van der Waals surface area (Å²) < 4.78 is 6.25. The van der Waals surface area contributed by atoms with Gasteiger partial charge in [0.1, 0.15) is 0 Å². The fourth-order valence-corrected chi connectivity index (χ4v) is 4.17. The van der Waals surface area contributed by atoms with Crippen molar-refractivity contribution >= 4 is 33.2 Å². The van der Waals surface area contributed by atoms with E-state index in [1.54, 1.807) is 11.3 Å². The summed E-state index contributed by atoms with van der Waals surface area (Å²) >= 11 is 4.95. The van der Waals surface area contributed by atoms with Crippen LogP contribution < -0.4 is 5.73 Å². The summed E-state index contributed by atoms with van der Waals surface area (Å²) in [5.74, 6) is 1.19. The summed E-state index contributed by atoms with van der Waals surface area (Å²) in [6, 6.07) is 2.13. The van der Waals surface area contributed by atoms with Gasteiger partial charge in [-0.15, -0.1) is 11.3 Å². The van der Waals surface area contributed by atoms with E-state index in [1.165, 1.54) is 0 Å². The van der Waals surface area contributed by atoms with Crippen molar-refractivity contribution in [1.82, 2.24) is 15.0 Å². The van der Waals surface area contributed by atoms with Crippen LogP contribution in [0.15, 0.2) is 20.4 Å². The first-order valence-corrected chi connectivity index (χ1v) is 9.41. The zero-order valence-electron chi connectivity index (χ0n) is 12.7. The van der Waals surface area contributed by atoms with E-state index in [9.17, 15) is 4.79 Å². The molecule has 1 fully saturated rings. The number of nitrogens with two attached hydrogens (primary N) is 1. The van der Waals surface area contributed by atoms with Crippen molar-refractivity contribution in [2.24, 2.45) is 5.73 Å². The number of aryl methyl sites for hydroxylation is 1. The number of hydrogen-bond acceptors (Lipinski definition) is 6. The molecule has 1 saturated heterocycles. The lowest BCUT2D eigenvalue weighted by Crippen LogP contribution is -2.47. The number of carbonyl (C=O) groups is 1. The molecule has 0 saturated carbocycles. The highest BCUT2D eigenvalue weighted by Crippen LogP contribution is 2.28. The lowest BCUT2D eigenvalue weighted by Gasteiger charge is -2.35. The molecule has 0 radical (unpaired) electrons. The van der Waals surface area contributed by atoms with E-state index in [2.05, 4.69) is 26.1 Å². The molecule has 3 rings (SSSR count). The molecule has 0 aliphatic carbocycles. The van der Waals surface area contributed by atoms with Crippen molar-refractivity contribution in [2.75, 3.05) is 13.1 Å². The van der Waals surface area contributed by atoms with E-state index in [1.807, 2.05) is 16.3 Å². The minimum absolute atomic E-state index is 0.124. The molecule has 2 N–H and O–H groups in total. The van der Waals surface area contributed by atoms with Gasteiger partial charge in [-0.1, -0.05) is 5.16 Å². The number of halogens is 1. The molecular formula is C15H19BrN4O2S. The lowest BCUT2D eigenvalue weighted by molar-refractivity contribution is -0.134. The van der Waals surface area contributed by atoms with Crippen LogP contribution in [0, 0.1) is 0 Å². The second-order valence-corrected chi connectivity index (χ2v) is 7.44. The molecular weight excluding hydrogens is 380 g/mol. The van der Waals surface area contributed by atoms with Crippen LogP contribution in [-0.4, -0.2) is 40.1 Å². The third-order valence-corrected chi connectivity index (χ3v) is 5.72. The Morgan fingerprint density at radius 1 is 1.52 bits per heavy atom. The van der Waals surface area contributed by atoms with E-state index in [0.717, 1.165) is 35.2 Å². The van der Waals surface area contributed by atoms with Gasteiger partial charge in [-0.2, -0.15) is 4.98 Å². The van der Waals surface area contributed by atoms with Crippen molar-refractivity contribution in [3.8, 4) is 10.7 Å². The maximum Gasteiger partial charge on any atom is 0.227 e. The highest BCUT2D eigenvalue weighted by Gasteiger charge is 2.25. The Bertz CT molecular complexity index is 672.